The third kappa shape index (κ3) is 5.19. The van der Waals surface area contributed by atoms with Crippen molar-refractivity contribution in [3.63, 3.8) is 0 Å². The second-order valence-electron chi connectivity index (χ2n) is 5.34. The third-order valence-corrected chi connectivity index (χ3v) is 3.99. The van der Waals surface area contributed by atoms with Gasteiger partial charge in [-0.25, -0.2) is 13.1 Å². The first-order valence-electron chi connectivity index (χ1n) is 5.50. The van der Waals surface area contributed by atoms with E-state index in [1.165, 1.54) is 0 Å². The Kier molecular flexibility index (Phi) is 4.16. The zero-order valence-electron chi connectivity index (χ0n) is 10.5. The van der Waals surface area contributed by atoms with Crippen molar-refractivity contribution in [2.45, 2.75) is 27.3 Å². The monoisotopic (exact) mass is 256 g/mol. The van der Waals surface area contributed by atoms with E-state index in [1.807, 2.05) is 39.0 Å². The quantitative estimate of drug-likeness (QED) is 0.806. The molecule has 96 valence electrons. The van der Waals surface area contributed by atoms with Gasteiger partial charge in [-0.3, -0.25) is 0 Å². The van der Waals surface area contributed by atoms with Crippen LogP contribution in [0.4, 0.5) is 5.69 Å². The Labute approximate surface area is 103 Å². The largest absolute Gasteiger partial charge is 0.398 e. The zero-order valence-corrected chi connectivity index (χ0v) is 11.3. The lowest BCUT2D eigenvalue weighted by atomic mass is 10.0. The molecule has 1 aromatic carbocycles. The molecule has 0 atom stereocenters. The van der Waals surface area contributed by atoms with Gasteiger partial charge in [0.25, 0.3) is 0 Å². The lowest BCUT2D eigenvalue weighted by Crippen LogP contribution is -2.32. The molecule has 4 nitrogen and oxygen atoms in total. The third-order valence-electron chi connectivity index (χ3n) is 2.16. The fourth-order valence-corrected chi connectivity index (χ4v) is 3.12. The number of hydrogen-bond acceptors (Lipinski definition) is 3. The molecular formula is C12H20N2O2S. The van der Waals surface area contributed by atoms with Gasteiger partial charge in [-0.1, -0.05) is 39.0 Å². The maximum atomic E-state index is 11.8. The molecule has 0 aliphatic carbocycles. The lowest BCUT2D eigenvalue weighted by Gasteiger charge is -2.18. The van der Waals surface area contributed by atoms with Gasteiger partial charge < -0.3 is 5.73 Å². The molecule has 17 heavy (non-hydrogen) atoms. The average Bonchev–Trinajstić information content (AvgIpc) is 2.13. The van der Waals surface area contributed by atoms with Gasteiger partial charge in [0.05, 0.1) is 5.75 Å². The van der Waals surface area contributed by atoms with Crippen LogP contribution in [0.15, 0.2) is 24.3 Å². The number of nitrogen functional groups attached to an aromatic ring is 1. The van der Waals surface area contributed by atoms with Gasteiger partial charge in [0, 0.05) is 12.2 Å². The Bertz CT molecular complexity index is 476. The van der Waals surface area contributed by atoms with Crippen molar-refractivity contribution in [2.75, 3.05) is 11.5 Å². The molecule has 0 unspecified atom stereocenters. The summed E-state index contributed by atoms with van der Waals surface area (Å²) in [6, 6.07) is 7.23. The minimum atomic E-state index is -3.26. The van der Waals surface area contributed by atoms with Gasteiger partial charge in [0.1, 0.15) is 0 Å². The van der Waals surface area contributed by atoms with Crippen LogP contribution >= 0.6 is 0 Å². The van der Waals surface area contributed by atoms with Crippen LogP contribution in [0, 0.1) is 5.41 Å². The molecule has 0 amide bonds. The van der Waals surface area contributed by atoms with Crippen molar-refractivity contribution in [1.82, 2.24) is 4.72 Å². The number of nitrogens with two attached hydrogens (primary N) is 1. The first-order valence-corrected chi connectivity index (χ1v) is 7.16. The van der Waals surface area contributed by atoms with Crippen LogP contribution < -0.4 is 10.5 Å². The number of rotatable bonds is 4. The van der Waals surface area contributed by atoms with Crippen LogP contribution in [0.1, 0.15) is 26.3 Å². The summed E-state index contributed by atoms with van der Waals surface area (Å²) in [6.07, 6.45) is 0. The summed E-state index contributed by atoms with van der Waals surface area (Å²) < 4.78 is 26.1. The number of sulfonamides is 1. The number of nitrogens with one attached hydrogen (secondary N) is 1. The molecule has 0 aliphatic heterocycles. The summed E-state index contributed by atoms with van der Waals surface area (Å²) in [5.74, 6) is 0.104. The van der Waals surface area contributed by atoms with Crippen LogP contribution in [0.3, 0.4) is 0 Å². The van der Waals surface area contributed by atoms with Crippen molar-refractivity contribution >= 4 is 15.7 Å². The standard InChI is InChI=1S/C12H20N2O2S/c1-12(2,3)9-17(15,16)14-8-10-6-4-5-7-11(10)13/h4-7,14H,8-9,13H2,1-3H3. The van der Waals surface area contributed by atoms with E-state index in [9.17, 15) is 8.42 Å². The molecule has 0 heterocycles. The molecule has 0 aromatic heterocycles. The highest BCUT2D eigenvalue weighted by molar-refractivity contribution is 7.89. The Balaban J connectivity index is 2.66. The highest BCUT2D eigenvalue weighted by Crippen LogP contribution is 2.16. The molecule has 1 aromatic rings. The molecule has 1 rings (SSSR count). The molecule has 0 saturated heterocycles. The van der Waals surface area contributed by atoms with Crippen molar-refractivity contribution in [3.8, 4) is 0 Å². The number of hydrogen-bond donors (Lipinski definition) is 2. The second-order valence-corrected chi connectivity index (χ2v) is 7.15. The summed E-state index contributed by atoms with van der Waals surface area (Å²) in [4.78, 5) is 0. The van der Waals surface area contributed by atoms with E-state index < -0.39 is 10.0 Å². The molecule has 0 saturated carbocycles. The van der Waals surface area contributed by atoms with E-state index in [0.717, 1.165) is 5.56 Å². The SMILES string of the molecule is CC(C)(C)CS(=O)(=O)NCc1ccccc1N. The number of para-hydroxylation sites is 1. The molecule has 0 fully saturated rings. The van der Waals surface area contributed by atoms with Gasteiger partial charge in [0.15, 0.2) is 0 Å². The molecule has 0 radical (unpaired) electrons. The molecule has 5 heteroatoms. The van der Waals surface area contributed by atoms with E-state index in [4.69, 9.17) is 5.73 Å². The minimum absolute atomic E-state index is 0.104. The van der Waals surface area contributed by atoms with Crippen LogP contribution in [-0.4, -0.2) is 14.2 Å². The summed E-state index contributed by atoms with van der Waals surface area (Å²) >= 11 is 0. The first-order chi connectivity index (χ1) is 7.70. The average molecular weight is 256 g/mol. The Morgan fingerprint density at radius 2 is 1.82 bits per heavy atom. The maximum Gasteiger partial charge on any atom is 0.212 e. The number of anilines is 1. The second kappa shape index (κ2) is 5.06. The summed E-state index contributed by atoms with van der Waals surface area (Å²) in [6.45, 7) is 5.92. The fraction of sp³-hybridized carbons (Fsp3) is 0.500. The highest BCUT2D eigenvalue weighted by Gasteiger charge is 2.21. The van der Waals surface area contributed by atoms with Crippen molar-refractivity contribution in [2.24, 2.45) is 5.41 Å². The van der Waals surface area contributed by atoms with Gasteiger partial charge >= 0.3 is 0 Å². The topological polar surface area (TPSA) is 72.2 Å². The van der Waals surface area contributed by atoms with Crippen LogP contribution in [-0.2, 0) is 16.6 Å². The predicted octanol–water partition coefficient (Wildman–Crippen LogP) is 1.73. The Morgan fingerprint density at radius 1 is 1.24 bits per heavy atom. The summed E-state index contributed by atoms with van der Waals surface area (Å²) in [5.41, 5.74) is 6.89. The Hall–Kier alpha value is -1.07. The number of benzene rings is 1. The van der Waals surface area contributed by atoms with E-state index in [-0.39, 0.29) is 17.7 Å². The first kappa shape index (κ1) is 14.0. The molecular weight excluding hydrogens is 236 g/mol. The van der Waals surface area contributed by atoms with E-state index in [0.29, 0.717) is 5.69 Å². The predicted molar refractivity (Wildman–Crippen MR) is 70.9 cm³/mol. The smallest absolute Gasteiger partial charge is 0.212 e. The fourth-order valence-electron chi connectivity index (χ4n) is 1.50. The Morgan fingerprint density at radius 3 is 2.35 bits per heavy atom. The van der Waals surface area contributed by atoms with Crippen molar-refractivity contribution in [3.05, 3.63) is 29.8 Å². The van der Waals surface area contributed by atoms with Crippen LogP contribution in [0.2, 0.25) is 0 Å². The molecule has 3 N–H and O–H groups in total. The maximum absolute atomic E-state index is 11.8. The zero-order chi connectivity index (χ0) is 13.1. The molecule has 0 spiro atoms. The van der Waals surface area contributed by atoms with E-state index in [2.05, 4.69) is 4.72 Å². The van der Waals surface area contributed by atoms with Crippen LogP contribution in [0.5, 0.6) is 0 Å². The van der Waals surface area contributed by atoms with Gasteiger partial charge in [0.2, 0.25) is 10.0 Å². The highest BCUT2D eigenvalue weighted by atomic mass is 32.2. The normalized spacial score (nSPS) is 12.6. The van der Waals surface area contributed by atoms with E-state index in [1.54, 1.807) is 6.07 Å². The van der Waals surface area contributed by atoms with Crippen molar-refractivity contribution in [1.29, 1.82) is 0 Å². The summed E-state index contributed by atoms with van der Waals surface area (Å²) in [7, 11) is -3.26. The lowest BCUT2D eigenvalue weighted by molar-refractivity contribution is 0.458. The van der Waals surface area contributed by atoms with Gasteiger partial charge in [-0.05, 0) is 17.0 Å². The van der Waals surface area contributed by atoms with Gasteiger partial charge in [-0.2, -0.15) is 0 Å². The van der Waals surface area contributed by atoms with E-state index >= 15 is 0 Å². The molecule has 0 bridgehead atoms. The van der Waals surface area contributed by atoms with Gasteiger partial charge in [-0.15, -0.1) is 0 Å². The van der Waals surface area contributed by atoms with Crippen molar-refractivity contribution < 1.29 is 8.42 Å². The minimum Gasteiger partial charge on any atom is -0.398 e. The van der Waals surface area contributed by atoms with Crippen LogP contribution in [0.25, 0.3) is 0 Å². The summed E-state index contributed by atoms with van der Waals surface area (Å²) in [5, 5.41) is 0. The molecule has 0 aliphatic rings.